The molecule has 1 aromatic carbocycles. The fourth-order valence-electron chi connectivity index (χ4n) is 4.02. The minimum atomic E-state index is -1.23. The normalized spacial score (nSPS) is 11.7. The number of aryl methyl sites for hydroxylation is 3. The molecule has 0 aliphatic carbocycles. The summed E-state index contributed by atoms with van der Waals surface area (Å²) in [5, 5.41) is 13.5. The first-order valence-corrected chi connectivity index (χ1v) is 11.5. The van der Waals surface area contributed by atoms with E-state index in [2.05, 4.69) is 10.3 Å². The molecule has 0 unspecified atom stereocenters. The van der Waals surface area contributed by atoms with E-state index in [1.807, 2.05) is 0 Å². The maximum atomic E-state index is 13.9. The summed E-state index contributed by atoms with van der Waals surface area (Å²) in [6.07, 6.45) is 3.06. The molecule has 0 atom stereocenters. The smallest absolute Gasteiger partial charge is 0.287 e. The van der Waals surface area contributed by atoms with Crippen molar-refractivity contribution in [2.45, 2.75) is 40.2 Å². The Kier molecular flexibility index (Phi) is 6.44. The van der Waals surface area contributed by atoms with Gasteiger partial charge >= 0.3 is 0 Å². The number of benzene rings is 1. The molecule has 3 aromatic heterocycles. The number of pyridine rings is 2. The van der Waals surface area contributed by atoms with E-state index in [1.165, 1.54) is 29.0 Å². The summed E-state index contributed by atoms with van der Waals surface area (Å²) in [6, 6.07) is 5.84. The number of rotatable bonds is 6. The van der Waals surface area contributed by atoms with Crippen LogP contribution < -0.4 is 15.6 Å². The molecule has 4 rings (SSSR count). The van der Waals surface area contributed by atoms with Crippen LogP contribution >= 0.6 is 0 Å². The summed E-state index contributed by atoms with van der Waals surface area (Å²) in [4.78, 5) is 29.8. The third-order valence-electron chi connectivity index (χ3n) is 5.88. The van der Waals surface area contributed by atoms with Gasteiger partial charge in [-0.1, -0.05) is 0 Å². The summed E-state index contributed by atoms with van der Waals surface area (Å²) in [5.74, 6) is -0.229. The van der Waals surface area contributed by atoms with Gasteiger partial charge in [-0.15, -0.1) is 0 Å². The number of furan rings is 1. The minimum Gasteiger partial charge on any atom is -0.450 e. The SMILES string of the molecule is CCNC(=O)c1cc2c(=O)n(C)cc(-c3cc(C(C)(C)O)cnc3Oc3c(C)cc(F)cc3C)c2o1. The molecule has 8 nitrogen and oxygen atoms in total. The van der Waals surface area contributed by atoms with Gasteiger partial charge in [0, 0.05) is 43.2 Å². The van der Waals surface area contributed by atoms with Crippen molar-refractivity contribution in [1.82, 2.24) is 14.9 Å². The van der Waals surface area contributed by atoms with E-state index < -0.39 is 11.5 Å². The monoisotopic (exact) mass is 493 g/mol. The van der Waals surface area contributed by atoms with E-state index in [1.54, 1.807) is 53.9 Å². The summed E-state index contributed by atoms with van der Waals surface area (Å²) in [7, 11) is 1.59. The van der Waals surface area contributed by atoms with E-state index in [0.29, 0.717) is 40.1 Å². The second kappa shape index (κ2) is 9.23. The Morgan fingerprint density at radius 2 is 1.86 bits per heavy atom. The zero-order chi connectivity index (χ0) is 26.4. The van der Waals surface area contributed by atoms with Crippen LogP contribution in [0.2, 0.25) is 0 Å². The average molecular weight is 494 g/mol. The molecular weight excluding hydrogens is 465 g/mol. The molecule has 3 heterocycles. The zero-order valence-corrected chi connectivity index (χ0v) is 21.0. The van der Waals surface area contributed by atoms with E-state index in [-0.39, 0.29) is 34.0 Å². The Hall–Kier alpha value is -3.98. The summed E-state index contributed by atoms with van der Waals surface area (Å²) < 4.78 is 27.3. The summed E-state index contributed by atoms with van der Waals surface area (Å²) >= 11 is 0. The molecule has 0 bridgehead atoms. The van der Waals surface area contributed by atoms with Gasteiger partial charge in [0.25, 0.3) is 11.5 Å². The molecule has 4 aromatic rings. The quantitative estimate of drug-likeness (QED) is 0.403. The van der Waals surface area contributed by atoms with Crippen LogP contribution in [0.3, 0.4) is 0 Å². The molecule has 0 saturated carbocycles. The number of amides is 1. The number of fused-ring (bicyclic) bond motifs is 1. The second-order valence-electron chi connectivity index (χ2n) is 9.28. The van der Waals surface area contributed by atoms with Gasteiger partial charge in [-0.3, -0.25) is 9.59 Å². The van der Waals surface area contributed by atoms with Gasteiger partial charge in [-0.2, -0.15) is 0 Å². The van der Waals surface area contributed by atoms with Gasteiger partial charge in [0.15, 0.2) is 5.76 Å². The molecule has 1 amide bonds. The predicted octanol–water partition coefficient (Wildman–Crippen LogP) is 4.72. The number of hydrogen-bond acceptors (Lipinski definition) is 6. The molecule has 0 spiro atoms. The first kappa shape index (κ1) is 25.1. The van der Waals surface area contributed by atoms with Crippen molar-refractivity contribution >= 4 is 16.9 Å². The van der Waals surface area contributed by atoms with Gasteiger partial charge in [-0.05, 0) is 63.9 Å². The van der Waals surface area contributed by atoms with Crippen molar-refractivity contribution in [3.8, 4) is 22.8 Å². The van der Waals surface area contributed by atoms with E-state index in [0.717, 1.165) is 0 Å². The molecule has 188 valence electrons. The van der Waals surface area contributed by atoms with Crippen molar-refractivity contribution < 1.29 is 23.4 Å². The van der Waals surface area contributed by atoms with Gasteiger partial charge in [0.2, 0.25) is 5.88 Å². The van der Waals surface area contributed by atoms with Crippen molar-refractivity contribution in [2.75, 3.05) is 6.54 Å². The Bertz CT molecular complexity index is 1520. The lowest BCUT2D eigenvalue weighted by Gasteiger charge is -2.20. The van der Waals surface area contributed by atoms with Crippen molar-refractivity contribution in [1.29, 1.82) is 0 Å². The van der Waals surface area contributed by atoms with Crippen LogP contribution in [0.4, 0.5) is 4.39 Å². The highest BCUT2D eigenvalue weighted by atomic mass is 19.1. The third kappa shape index (κ3) is 4.61. The van der Waals surface area contributed by atoms with Gasteiger partial charge in [-0.25, -0.2) is 9.37 Å². The standard InChI is InChI=1S/C27H28FN3O5/c1-7-29-24(32)21-11-19-23(35-21)20(13-31(6)26(19)33)18-10-16(27(4,5)34)12-30-25(18)36-22-14(2)8-17(28)9-15(22)3/h8-13,34H,7H2,1-6H3,(H,29,32). The fourth-order valence-corrected chi connectivity index (χ4v) is 4.02. The predicted molar refractivity (Wildman–Crippen MR) is 134 cm³/mol. The number of carbonyl (C=O) groups is 1. The Morgan fingerprint density at radius 1 is 1.19 bits per heavy atom. The number of hydrogen-bond donors (Lipinski definition) is 2. The molecule has 9 heteroatoms. The van der Waals surface area contributed by atoms with Crippen LogP contribution in [0.5, 0.6) is 11.6 Å². The van der Waals surface area contributed by atoms with E-state index in [9.17, 15) is 19.1 Å². The van der Waals surface area contributed by atoms with Crippen molar-refractivity contribution in [3.63, 3.8) is 0 Å². The van der Waals surface area contributed by atoms with Crippen LogP contribution in [0.15, 0.2) is 45.9 Å². The van der Waals surface area contributed by atoms with Gasteiger partial charge in [0.1, 0.15) is 17.1 Å². The number of nitrogens with one attached hydrogen (secondary N) is 1. The summed E-state index contributed by atoms with van der Waals surface area (Å²) in [5.41, 5.74) is 1.14. The lowest BCUT2D eigenvalue weighted by atomic mass is 9.96. The minimum absolute atomic E-state index is 0.00399. The fraction of sp³-hybridized carbons (Fsp3) is 0.296. The van der Waals surface area contributed by atoms with Crippen LogP contribution in [0.25, 0.3) is 22.1 Å². The first-order chi connectivity index (χ1) is 16.9. The van der Waals surface area contributed by atoms with E-state index in [4.69, 9.17) is 9.15 Å². The molecule has 0 radical (unpaired) electrons. The second-order valence-corrected chi connectivity index (χ2v) is 9.28. The highest BCUT2D eigenvalue weighted by Crippen LogP contribution is 2.39. The number of nitrogens with zero attached hydrogens (tertiary/aromatic N) is 2. The number of ether oxygens (including phenoxy) is 1. The molecule has 0 saturated heterocycles. The van der Waals surface area contributed by atoms with Crippen LogP contribution in [-0.4, -0.2) is 27.1 Å². The first-order valence-electron chi connectivity index (χ1n) is 11.5. The number of aliphatic hydroxyl groups is 1. The Balaban J connectivity index is 2.00. The topological polar surface area (TPSA) is 107 Å². The van der Waals surface area contributed by atoms with Gasteiger partial charge < -0.3 is 24.1 Å². The molecule has 0 fully saturated rings. The summed E-state index contributed by atoms with van der Waals surface area (Å²) in [6.45, 7) is 8.88. The Morgan fingerprint density at radius 3 is 2.47 bits per heavy atom. The molecule has 0 aliphatic heterocycles. The number of carbonyl (C=O) groups excluding carboxylic acids is 1. The Labute approximate surface area is 207 Å². The third-order valence-corrected chi connectivity index (χ3v) is 5.88. The number of halogens is 1. The van der Waals surface area contributed by atoms with Crippen LogP contribution in [-0.2, 0) is 12.6 Å². The lowest BCUT2D eigenvalue weighted by Crippen LogP contribution is -2.22. The van der Waals surface area contributed by atoms with Crippen LogP contribution in [0.1, 0.15) is 48.0 Å². The average Bonchev–Trinajstić information content (AvgIpc) is 3.24. The van der Waals surface area contributed by atoms with Crippen molar-refractivity contribution in [3.05, 3.63) is 75.3 Å². The highest BCUT2D eigenvalue weighted by molar-refractivity contribution is 6.00. The van der Waals surface area contributed by atoms with Crippen LogP contribution in [0, 0.1) is 19.7 Å². The zero-order valence-electron chi connectivity index (χ0n) is 21.0. The number of aromatic nitrogens is 2. The maximum Gasteiger partial charge on any atom is 0.287 e. The van der Waals surface area contributed by atoms with Crippen molar-refractivity contribution in [2.24, 2.45) is 7.05 Å². The molecule has 2 N–H and O–H groups in total. The van der Waals surface area contributed by atoms with Gasteiger partial charge in [0.05, 0.1) is 16.6 Å². The maximum absolute atomic E-state index is 13.9. The highest BCUT2D eigenvalue weighted by Gasteiger charge is 2.25. The molecular formula is C27H28FN3O5. The lowest BCUT2D eigenvalue weighted by molar-refractivity contribution is 0.0782. The largest absolute Gasteiger partial charge is 0.450 e. The van der Waals surface area contributed by atoms with E-state index >= 15 is 0 Å². The molecule has 0 aliphatic rings. The molecule has 36 heavy (non-hydrogen) atoms.